The predicted molar refractivity (Wildman–Crippen MR) is 138 cm³/mol. The Labute approximate surface area is 217 Å². The zero-order valence-corrected chi connectivity index (χ0v) is 20.6. The van der Waals surface area contributed by atoms with Gasteiger partial charge in [0.1, 0.15) is 23.4 Å². The van der Waals surface area contributed by atoms with Crippen molar-refractivity contribution in [3.8, 4) is 16.9 Å². The van der Waals surface area contributed by atoms with Crippen LogP contribution in [0.2, 0.25) is 0 Å². The first-order valence-electron chi connectivity index (χ1n) is 11.4. The Morgan fingerprint density at radius 1 is 1.05 bits per heavy atom. The van der Waals surface area contributed by atoms with Crippen LogP contribution >= 0.6 is 0 Å². The highest BCUT2D eigenvalue weighted by Crippen LogP contribution is 2.28. The summed E-state index contributed by atoms with van der Waals surface area (Å²) in [5.74, 6) is -3.12. The molecule has 12 heteroatoms. The van der Waals surface area contributed by atoms with Crippen LogP contribution in [0.4, 0.5) is 8.78 Å². The lowest BCUT2D eigenvalue weighted by Gasteiger charge is -2.10. The molecule has 202 valence electrons. The van der Waals surface area contributed by atoms with Crippen molar-refractivity contribution in [3.05, 3.63) is 83.2 Å². The SMILES string of the molecule is COc1cccc(-c2cc(F)c(Cc3ncccc3C(=O)O)c(F)c2)c1.NC(N)=NCCC[C@H](N)C(=O)O. The Morgan fingerprint density at radius 3 is 2.32 bits per heavy atom. The number of benzene rings is 2. The Bertz CT molecular complexity index is 1280. The smallest absolute Gasteiger partial charge is 0.337 e. The minimum atomic E-state index is -1.19. The van der Waals surface area contributed by atoms with Crippen LogP contribution in [0.1, 0.15) is 34.5 Å². The summed E-state index contributed by atoms with van der Waals surface area (Å²) in [5.41, 5.74) is 16.1. The molecule has 8 N–H and O–H groups in total. The summed E-state index contributed by atoms with van der Waals surface area (Å²) in [6, 6.07) is 11.3. The maximum atomic E-state index is 14.6. The molecule has 0 aliphatic rings. The van der Waals surface area contributed by atoms with Gasteiger partial charge >= 0.3 is 11.9 Å². The van der Waals surface area contributed by atoms with Gasteiger partial charge < -0.3 is 32.2 Å². The number of nitrogens with zero attached hydrogens (tertiary/aromatic N) is 2. The topological polar surface area (TPSA) is 187 Å². The summed E-state index contributed by atoms with van der Waals surface area (Å²) >= 11 is 0. The molecule has 0 saturated heterocycles. The minimum absolute atomic E-state index is 0.0129. The number of hydrogen-bond acceptors (Lipinski definition) is 6. The van der Waals surface area contributed by atoms with Crippen LogP contribution in [-0.4, -0.2) is 52.8 Å². The number of carboxylic acid groups (broad SMARTS) is 2. The van der Waals surface area contributed by atoms with Crippen molar-refractivity contribution in [1.82, 2.24) is 4.98 Å². The molecule has 0 fully saturated rings. The van der Waals surface area contributed by atoms with Gasteiger partial charge in [0.25, 0.3) is 0 Å². The molecule has 1 heterocycles. The highest BCUT2D eigenvalue weighted by atomic mass is 19.1. The lowest BCUT2D eigenvalue weighted by molar-refractivity contribution is -0.138. The number of aliphatic carboxylic acids is 1. The van der Waals surface area contributed by atoms with E-state index >= 15 is 0 Å². The van der Waals surface area contributed by atoms with E-state index < -0.39 is 29.6 Å². The van der Waals surface area contributed by atoms with Crippen molar-refractivity contribution in [2.75, 3.05) is 13.7 Å². The third-order valence-electron chi connectivity index (χ3n) is 5.29. The molecule has 0 amide bonds. The number of aliphatic imine (C=N–C) groups is 1. The Balaban J connectivity index is 0.000000358. The number of nitrogens with two attached hydrogens (primary N) is 3. The molecule has 0 spiro atoms. The van der Waals surface area contributed by atoms with Gasteiger partial charge in [-0.2, -0.15) is 0 Å². The predicted octanol–water partition coefficient (Wildman–Crippen LogP) is 2.78. The van der Waals surface area contributed by atoms with E-state index in [1.165, 1.54) is 37.6 Å². The normalized spacial score (nSPS) is 11.1. The second-order valence-electron chi connectivity index (χ2n) is 8.02. The molecule has 2 aromatic carbocycles. The molecule has 10 nitrogen and oxygen atoms in total. The lowest BCUT2D eigenvalue weighted by atomic mass is 9.99. The number of guanidine groups is 1. The summed E-state index contributed by atoms with van der Waals surface area (Å²) in [6.07, 6.45) is 2.10. The molecule has 0 bridgehead atoms. The first-order chi connectivity index (χ1) is 18.0. The maximum Gasteiger partial charge on any atom is 0.337 e. The number of methoxy groups -OCH3 is 1. The Kier molecular flexibility index (Phi) is 11.1. The molecule has 3 aromatic rings. The monoisotopic (exact) mass is 529 g/mol. The van der Waals surface area contributed by atoms with Gasteiger partial charge in [-0.05, 0) is 60.4 Å². The molecule has 1 aromatic heterocycles. The van der Waals surface area contributed by atoms with Crippen LogP contribution in [0.5, 0.6) is 5.75 Å². The fourth-order valence-electron chi connectivity index (χ4n) is 3.33. The third kappa shape index (κ3) is 8.82. The van der Waals surface area contributed by atoms with E-state index in [1.54, 1.807) is 24.3 Å². The Morgan fingerprint density at radius 2 is 1.74 bits per heavy atom. The van der Waals surface area contributed by atoms with E-state index in [1.807, 2.05) is 0 Å². The molecule has 0 radical (unpaired) electrons. The number of halogens is 2. The van der Waals surface area contributed by atoms with E-state index in [0.29, 0.717) is 36.3 Å². The van der Waals surface area contributed by atoms with Crippen molar-refractivity contribution in [2.45, 2.75) is 25.3 Å². The fourth-order valence-corrected chi connectivity index (χ4v) is 3.33. The summed E-state index contributed by atoms with van der Waals surface area (Å²) in [7, 11) is 1.51. The molecular weight excluding hydrogens is 500 g/mol. The summed E-state index contributed by atoms with van der Waals surface area (Å²) < 4.78 is 34.2. The molecule has 0 saturated carbocycles. The number of carboxylic acids is 2. The van der Waals surface area contributed by atoms with Gasteiger partial charge in [-0.15, -0.1) is 0 Å². The number of carbonyl (C=O) groups is 2. The van der Waals surface area contributed by atoms with Crippen molar-refractivity contribution in [1.29, 1.82) is 0 Å². The zero-order chi connectivity index (χ0) is 28.2. The molecule has 3 rings (SSSR count). The number of aromatic nitrogens is 1. The number of pyridine rings is 1. The standard InChI is InChI=1S/C20H15F2NO3.C6H14N4O2/c1-26-14-5-2-4-12(8-14)13-9-17(21)16(18(22)10-13)11-19-15(20(24)25)6-3-7-23-19;7-4(5(11)12)2-1-3-10-6(8)9/h2-10H,11H2,1H3,(H,24,25);4H,1-3,7H2,(H,11,12)(H4,8,9,10)/t;4-/m.0/s1. The highest BCUT2D eigenvalue weighted by molar-refractivity contribution is 5.88. The first-order valence-corrected chi connectivity index (χ1v) is 11.4. The van der Waals surface area contributed by atoms with Gasteiger partial charge in [0, 0.05) is 24.7 Å². The summed E-state index contributed by atoms with van der Waals surface area (Å²) in [4.78, 5) is 29.1. The van der Waals surface area contributed by atoms with E-state index in [2.05, 4.69) is 9.98 Å². The molecule has 0 unspecified atom stereocenters. The van der Waals surface area contributed by atoms with Gasteiger partial charge in [-0.25, -0.2) is 13.6 Å². The lowest BCUT2D eigenvalue weighted by Crippen LogP contribution is -2.30. The van der Waals surface area contributed by atoms with Crippen LogP contribution in [0.15, 0.2) is 59.7 Å². The third-order valence-corrected chi connectivity index (χ3v) is 5.29. The highest BCUT2D eigenvalue weighted by Gasteiger charge is 2.18. The van der Waals surface area contributed by atoms with Crippen LogP contribution in [0.3, 0.4) is 0 Å². The first kappa shape index (κ1) is 29.6. The molecular formula is C26H29F2N5O5. The van der Waals surface area contributed by atoms with Crippen molar-refractivity contribution < 1.29 is 33.3 Å². The zero-order valence-electron chi connectivity index (χ0n) is 20.6. The van der Waals surface area contributed by atoms with Crippen molar-refractivity contribution >= 4 is 17.9 Å². The van der Waals surface area contributed by atoms with E-state index in [4.69, 9.17) is 27.0 Å². The minimum Gasteiger partial charge on any atom is -0.497 e. The molecule has 0 aliphatic carbocycles. The average molecular weight is 530 g/mol. The van der Waals surface area contributed by atoms with Gasteiger partial charge in [0.05, 0.1) is 18.4 Å². The largest absolute Gasteiger partial charge is 0.497 e. The number of aromatic carboxylic acids is 1. The van der Waals surface area contributed by atoms with Crippen molar-refractivity contribution in [2.24, 2.45) is 22.2 Å². The van der Waals surface area contributed by atoms with Gasteiger partial charge in [-0.1, -0.05) is 12.1 Å². The second-order valence-corrected chi connectivity index (χ2v) is 8.02. The summed E-state index contributed by atoms with van der Waals surface area (Å²) in [6.45, 7) is 0.420. The van der Waals surface area contributed by atoms with E-state index in [-0.39, 0.29) is 29.2 Å². The number of hydrogen-bond donors (Lipinski definition) is 5. The van der Waals surface area contributed by atoms with Gasteiger partial charge in [0.2, 0.25) is 0 Å². The molecule has 38 heavy (non-hydrogen) atoms. The van der Waals surface area contributed by atoms with E-state index in [0.717, 1.165) is 0 Å². The fraction of sp³-hybridized carbons (Fsp3) is 0.231. The quantitative estimate of drug-likeness (QED) is 0.149. The average Bonchev–Trinajstić information content (AvgIpc) is 2.88. The summed E-state index contributed by atoms with van der Waals surface area (Å²) in [5, 5.41) is 17.6. The maximum absolute atomic E-state index is 14.6. The molecule has 1 atom stereocenters. The molecule has 0 aliphatic heterocycles. The van der Waals surface area contributed by atoms with Crippen molar-refractivity contribution in [3.63, 3.8) is 0 Å². The van der Waals surface area contributed by atoms with E-state index in [9.17, 15) is 23.5 Å². The van der Waals surface area contributed by atoms with Crippen LogP contribution in [0, 0.1) is 11.6 Å². The second kappa shape index (κ2) is 14.2. The van der Waals surface area contributed by atoms with Crippen LogP contribution < -0.4 is 21.9 Å². The Hall–Kier alpha value is -4.58. The number of rotatable bonds is 10. The van der Waals surface area contributed by atoms with Crippen LogP contribution in [0.25, 0.3) is 11.1 Å². The van der Waals surface area contributed by atoms with Gasteiger partial charge in [-0.3, -0.25) is 14.8 Å². The van der Waals surface area contributed by atoms with Gasteiger partial charge in [0.15, 0.2) is 5.96 Å². The number of ether oxygens (including phenoxy) is 1. The van der Waals surface area contributed by atoms with Crippen LogP contribution in [-0.2, 0) is 11.2 Å².